The molecule has 0 saturated carbocycles. The van der Waals surface area contributed by atoms with Crippen LogP contribution in [0.1, 0.15) is 45.1 Å². The van der Waals surface area contributed by atoms with E-state index in [1.165, 1.54) is 17.2 Å². The molecule has 0 aromatic carbocycles. The van der Waals surface area contributed by atoms with Crippen LogP contribution in [-0.2, 0) is 10.1 Å². The summed E-state index contributed by atoms with van der Waals surface area (Å²) < 4.78 is 67.1. The van der Waals surface area contributed by atoms with Crippen LogP contribution >= 0.6 is 0 Å². The number of alkyl halides is 3. The highest BCUT2D eigenvalue weighted by Crippen LogP contribution is 2.32. The Morgan fingerprint density at radius 3 is 2.00 bits per heavy atom. The molecule has 0 aliphatic heterocycles. The maximum Gasteiger partial charge on any atom is 0.534 e. The summed E-state index contributed by atoms with van der Waals surface area (Å²) in [6, 6.07) is 3.46. The second-order valence-electron chi connectivity index (χ2n) is 6.34. The van der Waals surface area contributed by atoms with Gasteiger partial charge in [-0.1, -0.05) is 38.9 Å². The first-order chi connectivity index (χ1) is 12.9. The predicted molar refractivity (Wildman–Crippen MR) is 104 cm³/mol. The van der Waals surface area contributed by atoms with Crippen molar-refractivity contribution in [1.82, 2.24) is 9.88 Å². The van der Waals surface area contributed by atoms with E-state index in [0.29, 0.717) is 36.4 Å². The van der Waals surface area contributed by atoms with Crippen molar-refractivity contribution in [3.63, 3.8) is 0 Å². The molecule has 0 spiro atoms. The van der Waals surface area contributed by atoms with E-state index < -0.39 is 41.1 Å². The Bertz CT molecular complexity index is 784. The highest BCUT2D eigenvalue weighted by molar-refractivity contribution is 7.88. The number of carbonyl (C=O) groups is 1. The van der Waals surface area contributed by atoms with Gasteiger partial charge >= 0.3 is 15.6 Å². The molecule has 1 rings (SSSR count). The van der Waals surface area contributed by atoms with Crippen molar-refractivity contribution in [2.24, 2.45) is 0 Å². The normalized spacial score (nSPS) is 12.7. The van der Waals surface area contributed by atoms with Crippen LogP contribution in [0.3, 0.4) is 0 Å². The largest absolute Gasteiger partial charge is 0.534 e. The van der Waals surface area contributed by atoms with Gasteiger partial charge in [0.05, 0.1) is 8.07 Å². The molecule has 11 heteroatoms. The molecule has 6 nitrogen and oxygen atoms in total. The zero-order chi connectivity index (χ0) is 21.8. The molecule has 28 heavy (non-hydrogen) atoms. The average molecular weight is 441 g/mol. The van der Waals surface area contributed by atoms with Gasteiger partial charge in [0.25, 0.3) is 5.91 Å². The van der Waals surface area contributed by atoms with E-state index in [-0.39, 0.29) is 0 Å². The van der Waals surface area contributed by atoms with Crippen molar-refractivity contribution in [3.05, 3.63) is 18.0 Å². The fourth-order valence-electron chi connectivity index (χ4n) is 3.24. The first kappa shape index (κ1) is 24.4. The van der Waals surface area contributed by atoms with E-state index in [1.54, 1.807) is 13.8 Å². The average Bonchev–Trinajstić information content (AvgIpc) is 2.64. The van der Waals surface area contributed by atoms with Gasteiger partial charge in [-0.2, -0.15) is 21.6 Å². The Kier molecular flexibility index (Phi) is 8.07. The summed E-state index contributed by atoms with van der Waals surface area (Å²) in [5.74, 6) is -1.24. The lowest BCUT2D eigenvalue weighted by Crippen LogP contribution is -2.48. The third-order valence-electron chi connectivity index (χ3n) is 5.24. The minimum Gasteiger partial charge on any atom is -0.374 e. The minimum absolute atomic E-state index is 0.296. The molecule has 0 unspecified atom stereocenters. The van der Waals surface area contributed by atoms with Crippen LogP contribution in [0.2, 0.25) is 18.1 Å². The molecule has 0 N–H and O–H groups in total. The van der Waals surface area contributed by atoms with Crippen molar-refractivity contribution >= 4 is 29.3 Å². The van der Waals surface area contributed by atoms with Gasteiger partial charge in [-0.05, 0) is 25.1 Å². The van der Waals surface area contributed by atoms with Crippen LogP contribution in [0.15, 0.2) is 12.3 Å². The first-order valence-electron chi connectivity index (χ1n) is 9.24. The molecule has 0 radical (unpaired) electrons. The summed E-state index contributed by atoms with van der Waals surface area (Å²) in [4.78, 5) is 18.1. The van der Waals surface area contributed by atoms with Crippen LogP contribution in [-0.4, -0.2) is 50.9 Å². The molecule has 0 aliphatic carbocycles. The van der Waals surface area contributed by atoms with E-state index in [9.17, 15) is 26.4 Å². The molecular weight excluding hydrogens is 413 g/mol. The number of amides is 1. The van der Waals surface area contributed by atoms with E-state index in [2.05, 4.69) is 9.17 Å². The van der Waals surface area contributed by atoms with Gasteiger partial charge in [-0.15, -0.1) is 0 Å². The van der Waals surface area contributed by atoms with E-state index in [1.807, 2.05) is 20.8 Å². The molecule has 0 bridgehead atoms. The quantitative estimate of drug-likeness (QED) is 0.334. The fourth-order valence-corrected chi connectivity index (χ4v) is 7.52. The number of pyridine rings is 1. The Morgan fingerprint density at radius 2 is 1.61 bits per heavy atom. The number of carbonyl (C=O) groups excluding carboxylic acids is 1. The van der Waals surface area contributed by atoms with Gasteiger partial charge in [0.1, 0.15) is 0 Å². The van der Waals surface area contributed by atoms with Crippen molar-refractivity contribution in [1.29, 1.82) is 0 Å². The number of nitrogens with zero attached hydrogens (tertiary/aromatic N) is 2. The van der Waals surface area contributed by atoms with Gasteiger partial charge < -0.3 is 9.08 Å². The van der Waals surface area contributed by atoms with Gasteiger partial charge in [-0.3, -0.25) is 4.79 Å². The molecule has 1 amide bonds. The molecular formula is C17H27F3N2O4SSi. The minimum atomic E-state index is -5.94. The summed E-state index contributed by atoms with van der Waals surface area (Å²) in [7, 11) is -8.34. The van der Waals surface area contributed by atoms with E-state index in [4.69, 9.17) is 0 Å². The highest BCUT2D eigenvalue weighted by atomic mass is 32.2. The summed E-state index contributed by atoms with van der Waals surface area (Å²) in [5, 5.41) is 0.373. The second-order valence-corrected chi connectivity index (χ2v) is 13.1. The molecule has 0 fully saturated rings. The molecule has 1 aromatic heterocycles. The smallest absolute Gasteiger partial charge is 0.374 e. The second kappa shape index (κ2) is 9.25. The van der Waals surface area contributed by atoms with Crippen molar-refractivity contribution in [2.75, 3.05) is 13.1 Å². The Labute approximate surface area is 165 Å². The fraction of sp³-hybridized carbons (Fsp3) is 0.647. The summed E-state index contributed by atoms with van der Waals surface area (Å²) in [6.07, 6.45) is 1.34. The highest BCUT2D eigenvalue weighted by Gasteiger charge is 2.50. The molecule has 0 saturated heterocycles. The summed E-state index contributed by atoms with van der Waals surface area (Å²) >= 11 is 0. The molecule has 0 aliphatic rings. The van der Waals surface area contributed by atoms with Gasteiger partial charge in [-0.25, -0.2) is 4.98 Å². The van der Waals surface area contributed by atoms with Crippen molar-refractivity contribution in [2.45, 2.75) is 58.3 Å². The number of aromatic nitrogens is 1. The van der Waals surface area contributed by atoms with E-state index in [0.717, 1.165) is 0 Å². The summed E-state index contributed by atoms with van der Waals surface area (Å²) in [5.41, 5.74) is -6.01. The topological polar surface area (TPSA) is 76.6 Å². The third kappa shape index (κ3) is 4.68. The zero-order valence-electron chi connectivity index (χ0n) is 16.8. The third-order valence-corrected chi connectivity index (χ3v) is 11.8. The van der Waals surface area contributed by atoms with Crippen LogP contribution in [0.5, 0.6) is 5.75 Å². The lowest BCUT2D eigenvalue weighted by molar-refractivity contribution is -0.0500. The molecule has 0 atom stereocenters. The first-order valence-corrected chi connectivity index (χ1v) is 13.3. The Balaban J connectivity index is 3.80. The Hall–Kier alpha value is -1.62. The Morgan fingerprint density at radius 1 is 1.11 bits per heavy atom. The SMILES string of the molecule is CCN(CC)C(=O)c1nccc([Si](CC)(CC)CC)c1OS(=O)(=O)C(F)(F)F. The zero-order valence-corrected chi connectivity index (χ0v) is 18.6. The number of hydrogen-bond donors (Lipinski definition) is 0. The summed E-state index contributed by atoms with van der Waals surface area (Å²) in [6.45, 7) is 9.74. The molecule has 1 heterocycles. The molecule has 1 aromatic rings. The number of rotatable bonds is 9. The van der Waals surface area contributed by atoms with Gasteiger partial charge in [0.15, 0.2) is 11.4 Å². The number of hydrogen-bond acceptors (Lipinski definition) is 5. The van der Waals surface area contributed by atoms with Crippen LogP contribution in [0.4, 0.5) is 13.2 Å². The van der Waals surface area contributed by atoms with Crippen molar-refractivity contribution < 1.29 is 30.6 Å². The van der Waals surface area contributed by atoms with Crippen LogP contribution < -0.4 is 9.37 Å². The predicted octanol–water partition coefficient (Wildman–Crippen LogP) is 3.51. The standard InChI is InChI=1S/C17H27F3N2O4SSi/c1-6-22(7-2)16(23)14-15(26-27(24,25)17(18,19)20)13(11-12-21-14)28(8-3,9-4)10-5/h11-12H,6-10H2,1-5H3. The number of halogens is 3. The monoisotopic (exact) mass is 440 g/mol. The lowest BCUT2D eigenvalue weighted by atomic mass is 10.3. The molecule has 160 valence electrons. The van der Waals surface area contributed by atoms with Crippen LogP contribution in [0, 0.1) is 0 Å². The van der Waals surface area contributed by atoms with Gasteiger partial charge in [0, 0.05) is 19.3 Å². The lowest BCUT2D eigenvalue weighted by Gasteiger charge is -2.31. The van der Waals surface area contributed by atoms with Gasteiger partial charge in [0.2, 0.25) is 0 Å². The maximum atomic E-state index is 13.0. The maximum absolute atomic E-state index is 13.0. The van der Waals surface area contributed by atoms with E-state index >= 15 is 0 Å². The van der Waals surface area contributed by atoms with Crippen LogP contribution in [0.25, 0.3) is 0 Å². The van der Waals surface area contributed by atoms with Crippen molar-refractivity contribution in [3.8, 4) is 5.75 Å².